The predicted octanol–water partition coefficient (Wildman–Crippen LogP) is 4.02. The molecule has 1 unspecified atom stereocenters. The van der Waals surface area contributed by atoms with Crippen molar-refractivity contribution in [3.63, 3.8) is 0 Å². The number of amides is 1. The average Bonchev–Trinajstić information content (AvgIpc) is 2.97. The Kier molecular flexibility index (Phi) is 5.84. The number of hydrogen-bond donors (Lipinski definition) is 2. The fraction of sp³-hybridized carbons (Fsp3) is 0.632. The first-order valence-electron chi connectivity index (χ1n) is 9.39. The van der Waals surface area contributed by atoms with Gasteiger partial charge in [-0.25, -0.2) is 4.98 Å². The number of nitrogens with two attached hydrogens (primary N) is 1. The van der Waals surface area contributed by atoms with Gasteiger partial charge in [-0.15, -0.1) is 11.3 Å². The number of carbonyl (C=O) groups excluding carboxylic acids is 1. The Morgan fingerprint density at radius 3 is 2.54 bits per heavy atom. The van der Waals surface area contributed by atoms with Crippen molar-refractivity contribution in [3.8, 4) is 0 Å². The smallest absolute Gasteiger partial charge is 0.369 e. The number of nitrogens with zero attached hydrogens (tertiary/aromatic N) is 2. The highest BCUT2D eigenvalue weighted by Crippen LogP contribution is 2.45. The van der Waals surface area contributed by atoms with Crippen LogP contribution in [0.15, 0.2) is 16.6 Å². The lowest BCUT2D eigenvalue weighted by Crippen LogP contribution is -2.47. The number of rotatable bonds is 5. The van der Waals surface area contributed by atoms with Crippen molar-refractivity contribution in [1.82, 2.24) is 4.98 Å². The molecule has 0 spiro atoms. The Hall–Kier alpha value is -1.90. The molecule has 1 amide bonds. The molecule has 1 fully saturated rings. The quantitative estimate of drug-likeness (QED) is 0.764. The van der Waals surface area contributed by atoms with E-state index in [1.165, 1.54) is 4.88 Å². The van der Waals surface area contributed by atoms with Crippen LogP contribution in [0.3, 0.4) is 0 Å². The molecule has 0 aromatic carbocycles. The Bertz CT molecular complexity index is 774. The maximum atomic E-state index is 13.1. The zero-order chi connectivity index (χ0) is 20.5. The molecule has 0 saturated heterocycles. The van der Waals surface area contributed by atoms with Crippen LogP contribution in [0.5, 0.6) is 0 Å². The van der Waals surface area contributed by atoms with Gasteiger partial charge in [-0.3, -0.25) is 9.79 Å². The first-order chi connectivity index (χ1) is 13.1. The largest absolute Gasteiger partial charge is 0.417 e. The molecule has 1 saturated carbocycles. The van der Waals surface area contributed by atoms with E-state index in [9.17, 15) is 18.0 Å². The summed E-state index contributed by atoms with van der Waals surface area (Å²) in [4.78, 5) is 21.7. The lowest BCUT2D eigenvalue weighted by atomic mass is 9.65. The third-order valence-corrected chi connectivity index (χ3v) is 6.96. The maximum absolute atomic E-state index is 13.1. The number of alkyl halides is 3. The maximum Gasteiger partial charge on any atom is 0.417 e. The Morgan fingerprint density at radius 1 is 1.32 bits per heavy atom. The minimum atomic E-state index is -4.53. The van der Waals surface area contributed by atoms with Crippen LogP contribution < -0.4 is 11.1 Å². The van der Waals surface area contributed by atoms with Crippen molar-refractivity contribution in [2.75, 3.05) is 18.4 Å². The van der Waals surface area contributed by atoms with E-state index >= 15 is 0 Å². The molecule has 2 aliphatic rings. The van der Waals surface area contributed by atoms with Gasteiger partial charge >= 0.3 is 6.18 Å². The van der Waals surface area contributed by atoms with E-state index in [0.717, 1.165) is 42.5 Å². The summed E-state index contributed by atoms with van der Waals surface area (Å²) in [7, 11) is 0. The molecule has 3 rings (SSSR count). The van der Waals surface area contributed by atoms with Gasteiger partial charge in [0.25, 0.3) is 0 Å². The fourth-order valence-electron chi connectivity index (χ4n) is 4.07. The number of nitrogens with one attached hydrogen (secondary N) is 1. The van der Waals surface area contributed by atoms with Crippen LogP contribution >= 0.6 is 11.3 Å². The van der Waals surface area contributed by atoms with E-state index in [1.54, 1.807) is 11.3 Å². The van der Waals surface area contributed by atoms with Crippen LogP contribution in [0.1, 0.15) is 36.3 Å². The molecule has 1 aromatic rings. The second-order valence-electron chi connectivity index (χ2n) is 7.73. The minimum absolute atomic E-state index is 0.00678. The second-order valence-corrected chi connectivity index (χ2v) is 8.93. The number of allylic oxidation sites excluding steroid dienone is 1. The monoisotopic (exact) mass is 414 g/mol. The number of hydrogen-bond acceptors (Lipinski definition) is 5. The molecule has 154 valence electrons. The number of halogens is 3. The van der Waals surface area contributed by atoms with Gasteiger partial charge in [0.2, 0.25) is 5.91 Å². The first kappa shape index (κ1) is 20.8. The zero-order valence-corrected chi connectivity index (χ0v) is 16.8. The van der Waals surface area contributed by atoms with Crippen LogP contribution in [0, 0.1) is 31.1 Å². The fourth-order valence-corrected chi connectivity index (χ4v) is 4.89. The summed E-state index contributed by atoms with van der Waals surface area (Å²) in [6.07, 6.45) is 0.256. The molecule has 28 heavy (non-hydrogen) atoms. The molecule has 0 radical (unpaired) electrons. The topological polar surface area (TPSA) is 80.4 Å². The number of carbonyl (C=O) groups is 1. The molecule has 3 N–H and O–H groups in total. The number of aryl methyl sites for hydroxylation is 2. The van der Waals surface area contributed by atoms with Crippen LogP contribution in [-0.2, 0) is 4.79 Å². The van der Waals surface area contributed by atoms with Gasteiger partial charge in [0.1, 0.15) is 0 Å². The minimum Gasteiger partial charge on any atom is -0.369 e. The lowest BCUT2D eigenvalue weighted by Gasteiger charge is -2.40. The van der Waals surface area contributed by atoms with Crippen LogP contribution in [0.25, 0.3) is 0 Å². The number of primary amides is 1. The molecular formula is C19H25F3N4OS. The number of thiazole rings is 1. The van der Waals surface area contributed by atoms with Gasteiger partial charge in [-0.2, -0.15) is 13.2 Å². The Balaban J connectivity index is 1.64. The van der Waals surface area contributed by atoms with E-state index in [1.807, 2.05) is 13.8 Å². The predicted molar refractivity (Wildman–Crippen MR) is 105 cm³/mol. The van der Waals surface area contributed by atoms with E-state index in [0.29, 0.717) is 18.8 Å². The molecule has 1 atom stereocenters. The third kappa shape index (κ3) is 4.24. The van der Waals surface area contributed by atoms with Crippen LogP contribution in [-0.4, -0.2) is 36.4 Å². The summed E-state index contributed by atoms with van der Waals surface area (Å²) >= 11 is 1.62. The number of aromatic nitrogens is 1. The second kappa shape index (κ2) is 7.85. The molecular weight excluding hydrogens is 389 g/mol. The SMILES string of the molecule is Cc1nc(NCC2CCC(C3(C(N)=O)C=C(C(F)(F)F)C=NC3)CC2)sc1C. The third-order valence-electron chi connectivity index (χ3n) is 5.93. The first-order valence-corrected chi connectivity index (χ1v) is 10.2. The van der Waals surface area contributed by atoms with Crippen molar-refractivity contribution in [2.24, 2.45) is 28.0 Å². The molecule has 1 aliphatic carbocycles. The summed E-state index contributed by atoms with van der Waals surface area (Å²) in [5, 5.41) is 4.25. The summed E-state index contributed by atoms with van der Waals surface area (Å²) in [5.41, 5.74) is 4.37. The van der Waals surface area contributed by atoms with Crippen molar-refractivity contribution >= 4 is 28.6 Å². The highest BCUT2D eigenvalue weighted by Gasteiger charge is 2.48. The summed E-state index contributed by atoms with van der Waals surface area (Å²) in [6.45, 7) is 4.76. The van der Waals surface area contributed by atoms with Crippen LogP contribution in [0.2, 0.25) is 0 Å². The van der Waals surface area contributed by atoms with Gasteiger partial charge in [-0.1, -0.05) is 6.08 Å². The summed E-state index contributed by atoms with van der Waals surface area (Å²) in [6, 6.07) is 0. The van der Waals surface area contributed by atoms with Gasteiger partial charge in [-0.05, 0) is 51.4 Å². The molecule has 1 aliphatic heterocycles. The van der Waals surface area contributed by atoms with E-state index < -0.39 is 23.1 Å². The van der Waals surface area contributed by atoms with E-state index in [2.05, 4.69) is 15.3 Å². The highest BCUT2D eigenvalue weighted by atomic mass is 32.1. The Morgan fingerprint density at radius 2 is 2.00 bits per heavy atom. The van der Waals surface area contributed by atoms with Crippen molar-refractivity contribution in [2.45, 2.75) is 45.7 Å². The van der Waals surface area contributed by atoms with E-state index in [-0.39, 0.29) is 12.5 Å². The summed E-state index contributed by atoms with van der Waals surface area (Å²) < 4.78 is 39.4. The molecule has 2 heterocycles. The Labute approximate surface area is 166 Å². The average molecular weight is 414 g/mol. The standard InChI is InChI=1S/C19H25F3N4OS/c1-11-12(2)28-17(26-11)25-8-13-3-5-14(6-4-13)18(16(23)27)7-15(9-24-10-18)19(20,21)22/h7,9,13-14H,3-6,8,10H2,1-2H3,(H2,23,27)(H,25,26). The molecule has 0 bridgehead atoms. The highest BCUT2D eigenvalue weighted by molar-refractivity contribution is 7.15. The molecule has 5 nitrogen and oxygen atoms in total. The zero-order valence-electron chi connectivity index (χ0n) is 16.0. The van der Waals surface area contributed by atoms with Gasteiger partial charge in [0, 0.05) is 17.6 Å². The normalized spacial score (nSPS) is 28.1. The van der Waals surface area contributed by atoms with Gasteiger partial charge in [0.15, 0.2) is 5.13 Å². The van der Waals surface area contributed by atoms with Gasteiger partial charge in [0.05, 0.1) is 23.2 Å². The number of aliphatic imine (C=N–C) groups is 1. The lowest BCUT2D eigenvalue weighted by molar-refractivity contribution is -0.128. The van der Waals surface area contributed by atoms with Gasteiger partial charge < -0.3 is 11.1 Å². The van der Waals surface area contributed by atoms with Crippen molar-refractivity contribution in [3.05, 3.63) is 22.2 Å². The van der Waals surface area contributed by atoms with Crippen molar-refractivity contribution < 1.29 is 18.0 Å². The van der Waals surface area contributed by atoms with Crippen LogP contribution in [0.4, 0.5) is 18.3 Å². The van der Waals surface area contributed by atoms with E-state index in [4.69, 9.17) is 5.73 Å². The van der Waals surface area contributed by atoms with Crippen molar-refractivity contribution in [1.29, 1.82) is 0 Å². The number of anilines is 1. The number of dihydropyridines is 1. The molecule has 9 heteroatoms. The summed E-state index contributed by atoms with van der Waals surface area (Å²) in [5.74, 6) is -0.550. The molecule has 1 aromatic heterocycles.